The van der Waals surface area contributed by atoms with E-state index in [0.717, 1.165) is 38.8 Å². The second-order valence-corrected chi connectivity index (χ2v) is 23.8. The quantitative estimate of drug-likeness (QED) is 0.124. The molecule has 4 heterocycles. The molecule has 1 amide bonds. The Kier molecular flexibility index (Phi) is 10.5. The number of hydrogen-bond donors (Lipinski definition) is 2. The lowest BCUT2D eigenvalue weighted by molar-refractivity contribution is -0.134. The van der Waals surface area contributed by atoms with Crippen molar-refractivity contribution in [3.63, 3.8) is 0 Å². The Morgan fingerprint density at radius 2 is 1.70 bits per heavy atom. The summed E-state index contributed by atoms with van der Waals surface area (Å²) in [5, 5.41) is 16.1. The van der Waals surface area contributed by atoms with Crippen LogP contribution in [0.3, 0.4) is 0 Å². The molecular weight excluding hydrogens is 739 g/mol. The summed E-state index contributed by atoms with van der Waals surface area (Å²) in [6.45, 7) is 17.8. The minimum absolute atomic E-state index is 0.0299. The van der Waals surface area contributed by atoms with E-state index in [0.29, 0.717) is 71.6 Å². The van der Waals surface area contributed by atoms with E-state index in [2.05, 4.69) is 73.1 Å². The number of halogens is 2. The first kappa shape index (κ1) is 39.5. The number of nitrogens with one attached hydrogen (secondary N) is 1. The van der Waals surface area contributed by atoms with Gasteiger partial charge in [-0.2, -0.15) is 9.97 Å². The number of aromatic nitrogens is 2. The van der Waals surface area contributed by atoms with Crippen LogP contribution in [0.5, 0.6) is 11.8 Å². The van der Waals surface area contributed by atoms with Crippen molar-refractivity contribution < 1.29 is 23.4 Å². The van der Waals surface area contributed by atoms with E-state index in [1.807, 2.05) is 25.2 Å². The second kappa shape index (κ2) is 15.1. The lowest BCUT2D eigenvalue weighted by atomic mass is 9.93. The van der Waals surface area contributed by atoms with E-state index in [4.69, 9.17) is 9.72 Å². The van der Waals surface area contributed by atoms with Crippen molar-refractivity contribution in [2.24, 2.45) is 5.41 Å². The molecule has 4 aromatic rings. The van der Waals surface area contributed by atoms with Crippen LogP contribution >= 0.6 is 0 Å². The van der Waals surface area contributed by atoms with Crippen LogP contribution in [-0.2, 0) is 4.79 Å². The standard InChI is InChI=1S/C45H56F2N6O3Si/c1-27(2)57(28(3)4,29(5)6)18-13-30-9-8-10-31-19-34(54)20-35(39(30)31)40-37(46)21-36-42(41(40)47)49-44(50-43(36)53-22-32-11-12-33(23-53)48-32)56-26-45(14-15-45)25-52-17-16-51(7)38(55)24-52/h8-10,19-21,27-29,32-33,48,54H,11-12,14-17,22-26H2,1-7H3. The van der Waals surface area contributed by atoms with Gasteiger partial charge < -0.3 is 25.0 Å². The molecule has 2 atom stereocenters. The van der Waals surface area contributed by atoms with E-state index < -0.39 is 19.7 Å². The first-order chi connectivity index (χ1) is 27.2. The van der Waals surface area contributed by atoms with Crippen molar-refractivity contribution in [3.05, 3.63) is 53.6 Å². The summed E-state index contributed by atoms with van der Waals surface area (Å²) in [6, 6.07) is 10.6. The molecule has 2 N–H and O–H groups in total. The molecule has 3 aromatic carbocycles. The van der Waals surface area contributed by atoms with Crippen LogP contribution in [0.4, 0.5) is 14.6 Å². The number of fused-ring (bicyclic) bond motifs is 4. The fourth-order valence-electron chi connectivity index (χ4n) is 10.2. The minimum atomic E-state index is -2.15. The molecule has 57 heavy (non-hydrogen) atoms. The number of likely N-dealkylation sites (N-methyl/N-ethyl adjacent to an activating group) is 1. The Morgan fingerprint density at radius 3 is 2.35 bits per heavy atom. The number of carbonyl (C=O) groups is 1. The highest BCUT2D eigenvalue weighted by molar-refractivity contribution is 6.90. The van der Waals surface area contributed by atoms with Gasteiger partial charge in [-0.25, -0.2) is 8.78 Å². The van der Waals surface area contributed by atoms with Gasteiger partial charge in [0.1, 0.15) is 31.0 Å². The summed E-state index contributed by atoms with van der Waals surface area (Å²) in [4.78, 5) is 28.1. The first-order valence-corrected chi connectivity index (χ1v) is 23.0. The van der Waals surface area contributed by atoms with Gasteiger partial charge in [0.05, 0.1) is 18.7 Å². The molecule has 2 unspecified atom stereocenters. The molecule has 4 aliphatic rings. The van der Waals surface area contributed by atoms with Crippen molar-refractivity contribution in [1.29, 1.82) is 0 Å². The normalized spacial score (nSPS) is 20.9. The Labute approximate surface area is 336 Å². The Morgan fingerprint density at radius 1 is 1.00 bits per heavy atom. The topological polar surface area (TPSA) is 94.1 Å². The van der Waals surface area contributed by atoms with Gasteiger partial charge in [-0.1, -0.05) is 59.6 Å². The van der Waals surface area contributed by atoms with E-state index in [-0.39, 0.29) is 57.2 Å². The average molecular weight is 795 g/mol. The fraction of sp³-hybridized carbons (Fsp3) is 0.533. The number of nitrogens with zero attached hydrogens (tertiary/aromatic N) is 5. The molecule has 1 aliphatic carbocycles. The number of phenolic OH excluding ortho intramolecular Hbond substituents is 1. The third-order valence-corrected chi connectivity index (χ3v) is 19.7. The number of rotatable bonds is 10. The molecule has 3 saturated heterocycles. The zero-order chi connectivity index (χ0) is 40.4. The number of benzene rings is 3. The van der Waals surface area contributed by atoms with Gasteiger partial charge in [0.15, 0.2) is 5.82 Å². The number of ether oxygens (including phenoxy) is 1. The lowest BCUT2D eigenvalue weighted by Crippen LogP contribution is -2.51. The second-order valence-electron chi connectivity index (χ2n) is 18.2. The van der Waals surface area contributed by atoms with Crippen molar-refractivity contribution in [2.45, 2.75) is 95.9 Å². The van der Waals surface area contributed by atoms with Crippen LogP contribution in [-0.4, -0.2) is 104 Å². The summed E-state index contributed by atoms with van der Waals surface area (Å²) < 4.78 is 40.7. The number of aromatic hydroxyl groups is 1. The average Bonchev–Trinajstić information content (AvgIpc) is 3.84. The summed E-state index contributed by atoms with van der Waals surface area (Å²) in [5.74, 6) is 2.39. The zero-order valence-electron chi connectivity index (χ0n) is 34.4. The summed E-state index contributed by atoms with van der Waals surface area (Å²) >= 11 is 0. The van der Waals surface area contributed by atoms with E-state index in [1.54, 1.807) is 11.0 Å². The summed E-state index contributed by atoms with van der Waals surface area (Å²) in [6.07, 6.45) is 3.96. The Hall–Kier alpha value is -4.31. The molecule has 8 rings (SSSR count). The van der Waals surface area contributed by atoms with Gasteiger partial charge in [0, 0.05) is 79.2 Å². The third kappa shape index (κ3) is 7.36. The molecule has 0 spiro atoms. The van der Waals surface area contributed by atoms with Crippen LogP contribution in [0.25, 0.3) is 32.8 Å². The summed E-state index contributed by atoms with van der Waals surface area (Å²) in [5.41, 5.74) is 5.44. The monoisotopic (exact) mass is 794 g/mol. The van der Waals surface area contributed by atoms with Gasteiger partial charge in [0.25, 0.3) is 0 Å². The van der Waals surface area contributed by atoms with Crippen LogP contribution in [0.1, 0.15) is 72.8 Å². The number of phenols is 1. The van der Waals surface area contributed by atoms with Gasteiger partial charge in [-0.15, -0.1) is 5.54 Å². The Bertz CT molecular complexity index is 2250. The minimum Gasteiger partial charge on any atom is -0.508 e. The van der Waals surface area contributed by atoms with Crippen LogP contribution in [0.2, 0.25) is 16.6 Å². The number of piperazine rings is 2. The largest absolute Gasteiger partial charge is 0.508 e. The number of amides is 1. The molecule has 2 bridgehead atoms. The Balaban J connectivity index is 1.24. The van der Waals surface area contributed by atoms with E-state index in [9.17, 15) is 9.90 Å². The van der Waals surface area contributed by atoms with Crippen molar-refractivity contribution in [2.75, 3.05) is 57.8 Å². The maximum Gasteiger partial charge on any atom is 0.319 e. The highest BCUT2D eigenvalue weighted by Gasteiger charge is 2.46. The molecule has 3 aliphatic heterocycles. The molecule has 302 valence electrons. The molecule has 0 radical (unpaired) electrons. The number of anilines is 1. The molecule has 1 saturated carbocycles. The third-order valence-electron chi connectivity index (χ3n) is 13.4. The van der Waals surface area contributed by atoms with Crippen molar-refractivity contribution >= 4 is 41.5 Å². The molecule has 4 fully saturated rings. The van der Waals surface area contributed by atoms with Crippen molar-refractivity contribution in [3.8, 4) is 34.4 Å². The predicted octanol–water partition coefficient (Wildman–Crippen LogP) is 7.88. The fourth-order valence-corrected chi connectivity index (χ4v) is 15.4. The van der Waals surface area contributed by atoms with E-state index in [1.165, 1.54) is 12.1 Å². The van der Waals surface area contributed by atoms with Crippen LogP contribution in [0.15, 0.2) is 36.4 Å². The van der Waals surface area contributed by atoms with Gasteiger partial charge in [0.2, 0.25) is 5.91 Å². The van der Waals surface area contributed by atoms with Gasteiger partial charge in [-0.05, 0) is 72.0 Å². The van der Waals surface area contributed by atoms with Crippen LogP contribution in [0, 0.1) is 28.5 Å². The molecule has 1 aromatic heterocycles. The molecule has 12 heteroatoms. The SMILES string of the molecule is CC(C)[Si](C#Cc1cccc2cc(O)cc(-c3c(F)cc4c(N5CC6CCC(C5)N6)nc(OCC5(CN6CCN(C)C(=O)C6)CC5)nc4c3F)c12)(C(C)C)C(C)C. The van der Waals surface area contributed by atoms with Gasteiger partial charge >= 0.3 is 6.01 Å². The van der Waals surface area contributed by atoms with E-state index >= 15 is 8.78 Å². The van der Waals surface area contributed by atoms with Crippen molar-refractivity contribution in [1.82, 2.24) is 25.1 Å². The maximum atomic E-state index is 17.5. The highest BCUT2D eigenvalue weighted by atomic mass is 28.3. The maximum absolute atomic E-state index is 17.5. The first-order valence-electron chi connectivity index (χ1n) is 20.8. The predicted molar refractivity (Wildman–Crippen MR) is 225 cm³/mol. The van der Waals surface area contributed by atoms with Gasteiger partial charge in [-0.3, -0.25) is 9.69 Å². The number of carbonyl (C=O) groups excluding carboxylic acids is 1. The lowest BCUT2D eigenvalue weighted by Gasteiger charge is -2.38. The number of hydrogen-bond acceptors (Lipinski definition) is 8. The van der Waals surface area contributed by atoms with Crippen LogP contribution < -0.4 is 15.0 Å². The highest BCUT2D eigenvalue weighted by Crippen LogP contribution is 2.47. The molecule has 9 nitrogen and oxygen atoms in total. The zero-order valence-corrected chi connectivity index (χ0v) is 35.4. The molecular formula is C45H56F2N6O3Si. The summed E-state index contributed by atoms with van der Waals surface area (Å²) in [7, 11) is -0.319. The smallest absolute Gasteiger partial charge is 0.319 e.